The summed E-state index contributed by atoms with van der Waals surface area (Å²) in [5.41, 5.74) is 0. The van der Waals surface area contributed by atoms with E-state index in [9.17, 15) is 18.3 Å². The largest absolute Gasteiger partial charge is 0.481 e. The van der Waals surface area contributed by atoms with Crippen molar-refractivity contribution in [3.63, 3.8) is 0 Å². The van der Waals surface area contributed by atoms with E-state index < -0.39 is 28.0 Å². The van der Waals surface area contributed by atoms with E-state index in [0.29, 0.717) is 6.42 Å². The molecule has 0 saturated heterocycles. The third-order valence-corrected chi connectivity index (χ3v) is 5.56. The van der Waals surface area contributed by atoms with Gasteiger partial charge in [-0.2, -0.15) is 0 Å². The molecule has 0 heterocycles. The van der Waals surface area contributed by atoms with Gasteiger partial charge in [0.15, 0.2) is 0 Å². The van der Waals surface area contributed by atoms with Crippen LogP contribution in [0, 0.1) is 17.8 Å². The van der Waals surface area contributed by atoms with Gasteiger partial charge < -0.3 is 5.11 Å². The van der Waals surface area contributed by atoms with Gasteiger partial charge in [0.2, 0.25) is 10.0 Å². The standard InChI is InChI=1S/C14H15NO4S/c16-14(17)12-9-6-7-10(8-9)13(12)15-20(18,19)11-4-2-1-3-5-11/h1-7,9-10,12-13,15H,8H2,(H,16,17)/t9-,10-,12-,13+/m1/s1. The van der Waals surface area contributed by atoms with Crippen molar-refractivity contribution in [2.45, 2.75) is 17.4 Å². The van der Waals surface area contributed by atoms with Crippen LogP contribution in [0.5, 0.6) is 0 Å². The molecule has 2 bridgehead atoms. The average Bonchev–Trinajstić information content (AvgIpc) is 3.00. The van der Waals surface area contributed by atoms with E-state index in [4.69, 9.17) is 0 Å². The molecular formula is C14H15NO4S. The molecule has 1 aromatic carbocycles. The summed E-state index contributed by atoms with van der Waals surface area (Å²) in [6, 6.07) is 7.46. The molecule has 106 valence electrons. The fraction of sp³-hybridized carbons (Fsp3) is 0.357. The van der Waals surface area contributed by atoms with Crippen LogP contribution >= 0.6 is 0 Å². The second kappa shape index (κ2) is 4.71. The monoisotopic (exact) mass is 293 g/mol. The third-order valence-electron chi connectivity index (χ3n) is 4.09. The molecule has 1 fully saturated rings. The van der Waals surface area contributed by atoms with Gasteiger partial charge in [0, 0.05) is 6.04 Å². The van der Waals surface area contributed by atoms with Gasteiger partial charge in [-0.1, -0.05) is 30.4 Å². The molecule has 0 spiro atoms. The van der Waals surface area contributed by atoms with Crippen LogP contribution < -0.4 is 4.72 Å². The van der Waals surface area contributed by atoms with Gasteiger partial charge in [-0.25, -0.2) is 13.1 Å². The zero-order valence-corrected chi connectivity index (χ0v) is 11.5. The summed E-state index contributed by atoms with van der Waals surface area (Å²) in [5.74, 6) is -1.72. The van der Waals surface area contributed by atoms with Gasteiger partial charge >= 0.3 is 5.97 Å². The van der Waals surface area contributed by atoms with Gasteiger partial charge in [0.1, 0.15) is 0 Å². The molecule has 2 aliphatic rings. The lowest BCUT2D eigenvalue weighted by Gasteiger charge is -2.25. The topological polar surface area (TPSA) is 83.5 Å². The van der Waals surface area contributed by atoms with Crippen LogP contribution in [0.4, 0.5) is 0 Å². The molecule has 1 saturated carbocycles. The number of carbonyl (C=O) groups is 1. The second-order valence-corrected chi connectivity index (χ2v) is 6.99. The fourth-order valence-corrected chi connectivity index (χ4v) is 4.50. The minimum absolute atomic E-state index is 0.0282. The molecule has 2 N–H and O–H groups in total. The van der Waals surface area contributed by atoms with Gasteiger partial charge in [0.25, 0.3) is 0 Å². The van der Waals surface area contributed by atoms with Gasteiger partial charge in [-0.3, -0.25) is 4.79 Å². The highest BCUT2D eigenvalue weighted by molar-refractivity contribution is 7.89. The number of aliphatic carboxylic acids is 1. The molecule has 0 amide bonds. The molecule has 20 heavy (non-hydrogen) atoms. The summed E-state index contributed by atoms with van der Waals surface area (Å²) in [4.78, 5) is 11.5. The molecule has 0 radical (unpaired) electrons. The van der Waals surface area contributed by atoms with Crippen LogP contribution in [0.1, 0.15) is 6.42 Å². The maximum Gasteiger partial charge on any atom is 0.308 e. The number of hydrogen-bond donors (Lipinski definition) is 2. The van der Waals surface area contributed by atoms with E-state index in [0.717, 1.165) is 0 Å². The Balaban J connectivity index is 1.88. The Morgan fingerprint density at radius 1 is 1.15 bits per heavy atom. The minimum Gasteiger partial charge on any atom is -0.481 e. The number of carboxylic acids is 1. The van der Waals surface area contributed by atoms with Crippen molar-refractivity contribution in [1.29, 1.82) is 0 Å². The highest BCUT2D eigenvalue weighted by Crippen LogP contribution is 2.44. The molecule has 0 unspecified atom stereocenters. The molecule has 0 aliphatic heterocycles. The number of fused-ring (bicyclic) bond motifs is 2. The Labute approximate surface area is 117 Å². The summed E-state index contributed by atoms with van der Waals surface area (Å²) < 4.78 is 27.2. The van der Waals surface area contributed by atoms with E-state index in [1.54, 1.807) is 18.2 Å². The lowest BCUT2D eigenvalue weighted by molar-refractivity contribution is -0.143. The van der Waals surface area contributed by atoms with Crippen LogP contribution in [-0.2, 0) is 14.8 Å². The predicted molar refractivity (Wildman–Crippen MR) is 72.4 cm³/mol. The van der Waals surface area contributed by atoms with Crippen LogP contribution in [-0.4, -0.2) is 25.5 Å². The number of sulfonamides is 1. The maximum absolute atomic E-state index is 12.3. The third kappa shape index (κ3) is 2.14. The number of hydrogen-bond acceptors (Lipinski definition) is 3. The van der Waals surface area contributed by atoms with Crippen LogP contribution in [0.25, 0.3) is 0 Å². The van der Waals surface area contributed by atoms with E-state index in [1.807, 2.05) is 12.2 Å². The molecule has 2 aliphatic carbocycles. The number of benzene rings is 1. The molecule has 5 nitrogen and oxygen atoms in total. The summed E-state index contributed by atoms with van der Waals surface area (Å²) in [6.07, 6.45) is 4.51. The van der Waals surface area contributed by atoms with Crippen molar-refractivity contribution >= 4 is 16.0 Å². The van der Waals surface area contributed by atoms with E-state index in [-0.39, 0.29) is 16.7 Å². The van der Waals surface area contributed by atoms with E-state index >= 15 is 0 Å². The maximum atomic E-state index is 12.3. The molecule has 3 rings (SSSR count). The first kappa shape index (κ1) is 13.3. The number of carboxylic acid groups (broad SMARTS) is 1. The summed E-state index contributed by atoms with van der Waals surface area (Å²) >= 11 is 0. The fourth-order valence-electron chi connectivity index (χ4n) is 3.17. The van der Waals surface area contributed by atoms with Gasteiger partial charge in [-0.05, 0) is 30.4 Å². The first-order chi connectivity index (χ1) is 9.49. The summed E-state index contributed by atoms with van der Waals surface area (Å²) in [7, 11) is -3.68. The van der Waals surface area contributed by atoms with E-state index in [1.165, 1.54) is 12.1 Å². The first-order valence-electron chi connectivity index (χ1n) is 6.47. The quantitative estimate of drug-likeness (QED) is 0.818. The van der Waals surface area contributed by atoms with Gasteiger partial charge in [-0.15, -0.1) is 0 Å². The Kier molecular flexibility index (Phi) is 3.14. The summed E-state index contributed by atoms with van der Waals surface area (Å²) in [5, 5.41) is 9.30. The highest BCUT2D eigenvalue weighted by atomic mass is 32.2. The highest BCUT2D eigenvalue weighted by Gasteiger charge is 2.49. The van der Waals surface area contributed by atoms with Gasteiger partial charge in [0.05, 0.1) is 10.8 Å². The Bertz CT molecular complexity index is 653. The molecular weight excluding hydrogens is 278 g/mol. The van der Waals surface area contributed by atoms with Crippen molar-refractivity contribution in [2.24, 2.45) is 17.8 Å². The average molecular weight is 293 g/mol. The van der Waals surface area contributed by atoms with E-state index in [2.05, 4.69) is 4.72 Å². The zero-order chi connectivity index (χ0) is 14.3. The molecule has 1 aromatic rings. The van der Waals surface area contributed by atoms with Crippen LogP contribution in [0.3, 0.4) is 0 Å². The lowest BCUT2D eigenvalue weighted by Crippen LogP contribution is -2.45. The normalized spacial score (nSPS) is 31.6. The second-order valence-electron chi connectivity index (χ2n) is 5.27. The number of allylic oxidation sites excluding steroid dienone is 1. The Morgan fingerprint density at radius 2 is 1.80 bits per heavy atom. The molecule has 4 atom stereocenters. The molecule has 0 aromatic heterocycles. The van der Waals surface area contributed by atoms with Crippen LogP contribution in [0.15, 0.2) is 47.4 Å². The number of nitrogens with one attached hydrogen (secondary N) is 1. The van der Waals surface area contributed by atoms with Crippen molar-refractivity contribution in [3.05, 3.63) is 42.5 Å². The Morgan fingerprint density at radius 3 is 2.45 bits per heavy atom. The first-order valence-corrected chi connectivity index (χ1v) is 7.96. The van der Waals surface area contributed by atoms with Crippen LogP contribution in [0.2, 0.25) is 0 Å². The van der Waals surface area contributed by atoms with Crippen molar-refractivity contribution in [1.82, 2.24) is 4.72 Å². The molecule has 6 heteroatoms. The van der Waals surface area contributed by atoms with Crippen molar-refractivity contribution in [3.8, 4) is 0 Å². The van der Waals surface area contributed by atoms with Crippen molar-refractivity contribution in [2.75, 3.05) is 0 Å². The predicted octanol–water partition coefficient (Wildman–Crippen LogP) is 1.24. The Hall–Kier alpha value is -1.66. The number of rotatable bonds is 4. The zero-order valence-electron chi connectivity index (χ0n) is 10.6. The smallest absolute Gasteiger partial charge is 0.308 e. The van der Waals surface area contributed by atoms with Crippen molar-refractivity contribution < 1.29 is 18.3 Å². The SMILES string of the molecule is O=C(O)[C@H]1[C@@H](NS(=O)(=O)c2ccccc2)[C@@H]2C=C[C@@H]1C2. The minimum atomic E-state index is -3.68. The summed E-state index contributed by atoms with van der Waals surface area (Å²) in [6.45, 7) is 0. The lowest BCUT2D eigenvalue weighted by atomic mass is 9.90.